The third-order valence-electron chi connectivity index (χ3n) is 5.06. The van der Waals surface area contributed by atoms with E-state index in [-0.39, 0.29) is 23.8 Å². The zero-order valence-electron chi connectivity index (χ0n) is 18.6. The molecule has 0 unspecified atom stereocenters. The Kier molecular flexibility index (Phi) is 6.87. The number of carbonyl (C=O) groups excluding carboxylic acids is 1. The highest BCUT2D eigenvalue weighted by Gasteiger charge is 2.18. The Morgan fingerprint density at radius 1 is 1.15 bits per heavy atom. The van der Waals surface area contributed by atoms with Crippen LogP contribution in [-0.2, 0) is 11.3 Å². The first-order valence-electron chi connectivity index (χ1n) is 10.2. The Bertz CT molecular complexity index is 1320. The maximum absolute atomic E-state index is 14.5. The summed E-state index contributed by atoms with van der Waals surface area (Å²) >= 11 is 1.18. The van der Waals surface area contributed by atoms with Crippen molar-refractivity contribution in [3.63, 3.8) is 0 Å². The summed E-state index contributed by atoms with van der Waals surface area (Å²) in [5, 5.41) is 19.2. The van der Waals surface area contributed by atoms with Crippen molar-refractivity contribution in [2.45, 2.75) is 25.5 Å². The average molecular weight is 486 g/mol. The lowest BCUT2D eigenvalue weighted by molar-refractivity contribution is -0.113. The minimum Gasteiger partial charge on any atom is -0.491 e. The van der Waals surface area contributed by atoms with Gasteiger partial charge in [0.25, 0.3) is 0 Å². The topological polar surface area (TPSA) is 99.8 Å². The summed E-state index contributed by atoms with van der Waals surface area (Å²) in [6.45, 7) is 3.90. The van der Waals surface area contributed by atoms with Crippen molar-refractivity contribution < 1.29 is 18.3 Å². The molecule has 1 amide bonds. The van der Waals surface area contributed by atoms with Gasteiger partial charge < -0.3 is 10.1 Å². The van der Waals surface area contributed by atoms with Gasteiger partial charge in [-0.25, -0.2) is 13.5 Å². The van der Waals surface area contributed by atoms with Crippen LogP contribution in [0.4, 0.5) is 14.6 Å². The number of nitrogens with one attached hydrogen (secondary N) is 1. The number of nitrogens with zero attached hydrogens (tertiary/aromatic N) is 6. The van der Waals surface area contributed by atoms with E-state index in [2.05, 4.69) is 25.9 Å². The lowest BCUT2D eigenvalue weighted by atomic mass is 10.1. The van der Waals surface area contributed by atoms with E-state index in [1.54, 1.807) is 10.7 Å². The summed E-state index contributed by atoms with van der Waals surface area (Å²) in [6, 6.07) is 9.90. The van der Waals surface area contributed by atoms with Crippen LogP contribution in [0.5, 0.6) is 5.75 Å². The van der Waals surface area contributed by atoms with Crippen LogP contribution in [-0.4, -0.2) is 48.8 Å². The van der Waals surface area contributed by atoms with Crippen LogP contribution in [0, 0.1) is 25.5 Å². The number of aryl methyl sites for hydroxylation is 2. The molecule has 0 saturated heterocycles. The maximum Gasteiger partial charge on any atom is 0.235 e. The summed E-state index contributed by atoms with van der Waals surface area (Å²) in [5.41, 5.74) is 3.05. The number of benzene rings is 2. The van der Waals surface area contributed by atoms with Crippen molar-refractivity contribution in [1.82, 2.24) is 30.0 Å². The number of ether oxygens (including phenoxy) is 1. The van der Waals surface area contributed by atoms with E-state index in [0.717, 1.165) is 22.9 Å². The van der Waals surface area contributed by atoms with Gasteiger partial charge in [-0.3, -0.25) is 4.79 Å². The Hall–Kier alpha value is -3.80. The SMILES string of the molecule is COc1c(F)ccc(Cn2nccc2NC(=O)CSc2nnnn2-c2c(C)cccc2C)c1F. The number of tetrazole rings is 1. The second kappa shape index (κ2) is 10.00. The number of hydrogen-bond acceptors (Lipinski definition) is 7. The molecule has 0 radical (unpaired) electrons. The van der Waals surface area contributed by atoms with E-state index in [4.69, 9.17) is 4.74 Å². The van der Waals surface area contributed by atoms with Gasteiger partial charge in [0.1, 0.15) is 5.82 Å². The van der Waals surface area contributed by atoms with Crippen molar-refractivity contribution in [2.24, 2.45) is 0 Å². The fourth-order valence-electron chi connectivity index (χ4n) is 3.47. The number of para-hydroxylation sites is 1. The first-order valence-corrected chi connectivity index (χ1v) is 11.2. The van der Waals surface area contributed by atoms with Crippen LogP contribution >= 0.6 is 11.8 Å². The molecule has 0 atom stereocenters. The lowest BCUT2D eigenvalue weighted by Gasteiger charge is -2.12. The van der Waals surface area contributed by atoms with Gasteiger partial charge >= 0.3 is 0 Å². The number of methoxy groups -OCH3 is 1. The molecule has 0 bridgehead atoms. The first-order chi connectivity index (χ1) is 16.4. The van der Waals surface area contributed by atoms with Gasteiger partial charge in [0, 0.05) is 11.6 Å². The number of hydrogen-bond donors (Lipinski definition) is 1. The van der Waals surface area contributed by atoms with Gasteiger partial charge in [-0.2, -0.15) is 9.78 Å². The number of carbonyl (C=O) groups is 1. The predicted octanol–water partition coefficient (Wildman–Crippen LogP) is 3.54. The van der Waals surface area contributed by atoms with E-state index in [1.165, 1.54) is 35.8 Å². The molecule has 0 saturated carbocycles. The molecule has 0 aliphatic heterocycles. The van der Waals surface area contributed by atoms with Crippen LogP contribution in [0.15, 0.2) is 47.8 Å². The average Bonchev–Trinajstić information content (AvgIpc) is 3.44. The van der Waals surface area contributed by atoms with Crippen LogP contribution in [0.25, 0.3) is 5.69 Å². The van der Waals surface area contributed by atoms with E-state index < -0.39 is 17.4 Å². The highest BCUT2D eigenvalue weighted by molar-refractivity contribution is 7.99. The van der Waals surface area contributed by atoms with Crippen LogP contribution < -0.4 is 10.1 Å². The van der Waals surface area contributed by atoms with Gasteiger partial charge in [-0.15, -0.1) is 5.10 Å². The summed E-state index contributed by atoms with van der Waals surface area (Å²) in [4.78, 5) is 12.6. The molecule has 2 heterocycles. The van der Waals surface area contributed by atoms with Crippen molar-refractivity contribution >= 4 is 23.5 Å². The molecule has 176 valence electrons. The quantitative estimate of drug-likeness (QED) is 0.381. The van der Waals surface area contributed by atoms with Gasteiger partial charge in [-0.1, -0.05) is 36.0 Å². The number of halogens is 2. The zero-order valence-corrected chi connectivity index (χ0v) is 19.4. The molecule has 0 fully saturated rings. The Labute approximate surface area is 198 Å². The number of thioether (sulfide) groups is 1. The molecule has 4 aromatic rings. The summed E-state index contributed by atoms with van der Waals surface area (Å²) in [7, 11) is 1.19. The summed E-state index contributed by atoms with van der Waals surface area (Å²) in [6.07, 6.45) is 1.48. The molecule has 0 spiro atoms. The molecule has 34 heavy (non-hydrogen) atoms. The summed E-state index contributed by atoms with van der Waals surface area (Å²) < 4.78 is 36.0. The Balaban J connectivity index is 1.44. The van der Waals surface area contributed by atoms with Crippen molar-refractivity contribution in [1.29, 1.82) is 0 Å². The summed E-state index contributed by atoms with van der Waals surface area (Å²) in [5.74, 6) is -1.99. The minimum absolute atomic E-state index is 0.0248. The monoisotopic (exact) mass is 485 g/mol. The van der Waals surface area contributed by atoms with Crippen molar-refractivity contribution in [2.75, 3.05) is 18.2 Å². The standard InChI is InChI=1S/C22H21F2N7O2S/c1-13-5-4-6-14(2)20(13)31-22(27-28-29-31)34-12-18(32)26-17-9-10-25-30(17)11-15-7-8-16(23)21(33-3)19(15)24/h4-10H,11-12H2,1-3H3,(H,26,32). The predicted molar refractivity (Wildman–Crippen MR) is 122 cm³/mol. The molecule has 9 nitrogen and oxygen atoms in total. The second-order valence-electron chi connectivity index (χ2n) is 7.38. The Morgan fingerprint density at radius 2 is 1.91 bits per heavy atom. The van der Waals surface area contributed by atoms with Gasteiger partial charge in [-0.05, 0) is 41.5 Å². The van der Waals surface area contributed by atoms with E-state index in [0.29, 0.717) is 11.0 Å². The number of aromatic nitrogens is 6. The third-order valence-corrected chi connectivity index (χ3v) is 5.98. The molecular weight excluding hydrogens is 464 g/mol. The molecule has 0 aliphatic rings. The van der Waals surface area contributed by atoms with Gasteiger partial charge in [0.15, 0.2) is 17.4 Å². The van der Waals surface area contributed by atoms with Crippen molar-refractivity contribution in [3.05, 3.63) is 70.9 Å². The van der Waals surface area contributed by atoms with Gasteiger partial charge in [0.05, 0.1) is 31.3 Å². The second-order valence-corrected chi connectivity index (χ2v) is 8.32. The minimum atomic E-state index is -0.816. The van der Waals surface area contributed by atoms with E-state index in [9.17, 15) is 13.6 Å². The third kappa shape index (κ3) is 4.76. The van der Waals surface area contributed by atoms with Crippen molar-refractivity contribution in [3.8, 4) is 11.4 Å². The Morgan fingerprint density at radius 3 is 2.65 bits per heavy atom. The fraction of sp³-hybridized carbons (Fsp3) is 0.227. The first kappa shape index (κ1) is 23.4. The highest BCUT2D eigenvalue weighted by Crippen LogP contribution is 2.26. The molecule has 12 heteroatoms. The lowest BCUT2D eigenvalue weighted by Crippen LogP contribution is -2.18. The molecular formula is C22H21F2N7O2S. The normalized spacial score (nSPS) is 11.0. The molecule has 0 aliphatic carbocycles. The largest absolute Gasteiger partial charge is 0.491 e. The highest BCUT2D eigenvalue weighted by atomic mass is 32.2. The zero-order chi connectivity index (χ0) is 24.2. The van der Waals surface area contributed by atoms with E-state index >= 15 is 0 Å². The number of anilines is 1. The fourth-order valence-corrected chi connectivity index (χ4v) is 4.14. The van der Waals surface area contributed by atoms with Crippen LogP contribution in [0.3, 0.4) is 0 Å². The molecule has 2 aromatic carbocycles. The van der Waals surface area contributed by atoms with Gasteiger partial charge in [0.2, 0.25) is 11.1 Å². The smallest absolute Gasteiger partial charge is 0.235 e. The van der Waals surface area contributed by atoms with Crippen LogP contribution in [0.1, 0.15) is 16.7 Å². The van der Waals surface area contributed by atoms with Crippen LogP contribution in [0.2, 0.25) is 0 Å². The molecule has 1 N–H and O–H groups in total. The maximum atomic E-state index is 14.5. The number of amides is 1. The molecule has 2 aromatic heterocycles. The number of rotatable bonds is 8. The molecule has 4 rings (SSSR count). The van der Waals surface area contributed by atoms with E-state index in [1.807, 2.05) is 32.0 Å².